The van der Waals surface area contributed by atoms with Crippen molar-refractivity contribution < 1.29 is 4.79 Å². The summed E-state index contributed by atoms with van der Waals surface area (Å²) in [6.45, 7) is 5.62. The zero-order valence-corrected chi connectivity index (χ0v) is 15.8. The predicted molar refractivity (Wildman–Crippen MR) is 107 cm³/mol. The Hall–Kier alpha value is -2.37. The van der Waals surface area contributed by atoms with Crippen molar-refractivity contribution in [3.8, 4) is 0 Å². The Labute approximate surface area is 160 Å². The highest BCUT2D eigenvalue weighted by atomic mass is 16.2. The molecule has 1 saturated carbocycles. The molecule has 5 rings (SSSR count). The Morgan fingerprint density at radius 3 is 2.37 bits per heavy atom. The molecule has 2 saturated heterocycles. The Morgan fingerprint density at radius 2 is 1.67 bits per heavy atom. The van der Waals surface area contributed by atoms with E-state index in [0.717, 1.165) is 68.8 Å². The fraction of sp³-hybridized carbons (Fsp3) is 0.571. The summed E-state index contributed by atoms with van der Waals surface area (Å²) >= 11 is 0. The summed E-state index contributed by atoms with van der Waals surface area (Å²) in [6.07, 6.45) is 7.55. The lowest BCUT2D eigenvalue weighted by molar-refractivity contribution is -0.138. The molecule has 3 fully saturated rings. The number of carbonyl (C=O) groups excluding carboxylic acids is 1. The third kappa shape index (κ3) is 3.11. The molecule has 0 radical (unpaired) electrons. The van der Waals surface area contributed by atoms with Crippen LogP contribution in [0.5, 0.6) is 0 Å². The minimum Gasteiger partial charge on any atom is -0.368 e. The number of nitrogens with zero attached hydrogens (tertiary/aromatic N) is 5. The van der Waals surface area contributed by atoms with Gasteiger partial charge >= 0.3 is 0 Å². The second kappa shape index (κ2) is 6.98. The van der Waals surface area contributed by atoms with Crippen molar-refractivity contribution in [2.45, 2.75) is 32.1 Å². The molecule has 1 aliphatic carbocycles. The van der Waals surface area contributed by atoms with Crippen molar-refractivity contribution >= 4 is 28.3 Å². The number of carbonyl (C=O) groups is 1. The fourth-order valence-corrected chi connectivity index (χ4v) is 4.51. The number of rotatable bonds is 3. The van der Waals surface area contributed by atoms with E-state index in [1.807, 2.05) is 0 Å². The molecule has 3 aliphatic rings. The van der Waals surface area contributed by atoms with E-state index in [4.69, 9.17) is 0 Å². The summed E-state index contributed by atoms with van der Waals surface area (Å²) in [5, 5.41) is 1.14. The Bertz CT molecular complexity index is 836. The first-order chi connectivity index (χ1) is 13.3. The number of fused-ring (bicyclic) bond motifs is 1. The molecule has 2 aliphatic heterocycles. The van der Waals surface area contributed by atoms with Gasteiger partial charge in [0.2, 0.25) is 5.91 Å². The summed E-state index contributed by atoms with van der Waals surface area (Å²) < 4.78 is 0. The van der Waals surface area contributed by atoms with Crippen LogP contribution < -0.4 is 9.80 Å². The van der Waals surface area contributed by atoms with E-state index in [0.29, 0.717) is 11.8 Å². The molecule has 3 heterocycles. The molecule has 6 heteroatoms. The predicted octanol–water partition coefficient (Wildman–Crippen LogP) is 2.68. The zero-order valence-electron chi connectivity index (χ0n) is 15.8. The molecule has 6 nitrogen and oxygen atoms in total. The van der Waals surface area contributed by atoms with Crippen LogP contribution in [0, 0.1) is 5.92 Å². The van der Waals surface area contributed by atoms with E-state index in [-0.39, 0.29) is 0 Å². The van der Waals surface area contributed by atoms with Crippen molar-refractivity contribution in [1.82, 2.24) is 14.9 Å². The Balaban J connectivity index is 1.34. The average Bonchev–Trinajstić information content (AvgIpc) is 3.20. The number of aromatic nitrogens is 2. The average molecular weight is 365 g/mol. The normalized spacial score (nSPS) is 21.0. The quantitative estimate of drug-likeness (QED) is 0.837. The molecule has 0 N–H and O–H groups in total. The van der Waals surface area contributed by atoms with E-state index in [1.54, 1.807) is 6.33 Å². The first-order valence-corrected chi connectivity index (χ1v) is 10.3. The van der Waals surface area contributed by atoms with Crippen molar-refractivity contribution in [3.05, 3.63) is 24.5 Å². The molecule has 2 aromatic rings. The van der Waals surface area contributed by atoms with Crippen LogP contribution in [-0.2, 0) is 4.79 Å². The highest BCUT2D eigenvalue weighted by molar-refractivity contribution is 5.92. The fourth-order valence-electron chi connectivity index (χ4n) is 4.51. The van der Waals surface area contributed by atoms with Crippen LogP contribution >= 0.6 is 0 Å². The molecule has 0 spiro atoms. The Morgan fingerprint density at radius 1 is 0.889 bits per heavy atom. The zero-order chi connectivity index (χ0) is 18.2. The van der Waals surface area contributed by atoms with Crippen LogP contribution in [0.4, 0.5) is 11.5 Å². The van der Waals surface area contributed by atoms with Crippen LogP contribution in [0.2, 0.25) is 0 Å². The van der Waals surface area contributed by atoms with Crippen molar-refractivity contribution in [2.24, 2.45) is 5.92 Å². The van der Waals surface area contributed by atoms with E-state index in [9.17, 15) is 4.79 Å². The molecule has 1 aromatic heterocycles. The highest BCUT2D eigenvalue weighted by Crippen LogP contribution is 2.31. The third-order valence-electron chi connectivity index (χ3n) is 6.41. The third-order valence-corrected chi connectivity index (χ3v) is 6.41. The smallest absolute Gasteiger partial charge is 0.225 e. The largest absolute Gasteiger partial charge is 0.368 e. The van der Waals surface area contributed by atoms with Crippen molar-refractivity contribution in [1.29, 1.82) is 0 Å². The standard InChI is InChI=1S/C21H27N5O/c27-21(16-4-3-5-16)26-12-10-24(11-13-26)17-6-7-19-18(14-17)20(23-15-22-19)25-8-1-2-9-25/h6-7,14-16H,1-5,8-13H2. The van der Waals surface area contributed by atoms with Crippen LogP contribution in [-0.4, -0.2) is 60.0 Å². The van der Waals surface area contributed by atoms with Crippen LogP contribution in [0.3, 0.4) is 0 Å². The van der Waals surface area contributed by atoms with Crippen LogP contribution in [0.15, 0.2) is 24.5 Å². The monoisotopic (exact) mass is 365 g/mol. The molecule has 142 valence electrons. The van der Waals surface area contributed by atoms with Crippen LogP contribution in [0.25, 0.3) is 10.9 Å². The molecular weight excluding hydrogens is 338 g/mol. The van der Waals surface area contributed by atoms with E-state index in [2.05, 4.69) is 42.9 Å². The summed E-state index contributed by atoms with van der Waals surface area (Å²) in [6, 6.07) is 6.51. The topological polar surface area (TPSA) is 52.6 Å². The van der Waals surface area contributed by atoms with Gasteiger partial charge in [0.1, 0.15) is 12.1 Å². The van der Waals surface area contributed by atoms with Crippen LogP contribution in [0.1, 0.15) is 32.1 Å². The summed E-state index contributed by atoms with van der Waals surface area (Å²) in [7, 11) is 0. The van der Waals surface area contributed by atoms with Gasteiger partial charge in [-0.15, -0.1) is 0 Å². The lowest BCUT2D eigenvalue weighted by atomic mass is 9.84. The van der Waals surface area contributed by atoms with Gasteiger partial charge in [0.25, 0.3) is 0 Å². The van der Waals surface area contributed by atoms with E-state index >= 15 is 0 Å². The van der Waals surface area contributed by atoms with Gasteiger partial charge in [0.05, 0.1) is 5.52 Å². The lowest BCUT2D eigenvalue weighted by Gasteiger charge is -2.39. The summed E-state index contributed by atoms with van der Waals surface area (Å²) in [5.41, 5.74) is 2.22. The van der Waals surface area contributed by atoms with Gasteiger partial charge < -0.3 is 14.7 Å². The van der Waals surface area contributed by atoms with Gasteiger partial charge in [-0.25, -0.2) is 9.97 Å². The highest BCUT2D eigenvalue weighted by Gasteiger charge is 2.31. The molecular formula is C21H27N5O. The minimum absolute atomic E-state index is 0.303. The van der Waals surface area contributed by atoms with Gasteiger partial charge in [-0.3, -0.25) is 4.79 Å². The SMILES string of the molecule is O=C(C1CCC1)N1CCN(c2ccc3ncnc(N4CCCC4)c3c2)CC1. The van der Waals surface area contributed by atoms with Gasteiger partial charge in [-0.05, 0) is 43.9 Å². The molecule has 0 atom stereocenters. The second-order valence-corrected chi connectivity index (χ2v) is 8.03. The lowest BCUT2D eigenvalue weighted by Crippen LogP contribution is -2.51. The van der Waals surface area contributed by atoms with Crippen molar-refractivity contribution in [3.63, 3.8) is 0 Å². The maximum Gasteiger partial charge on any atom is 0.225 e. The number of benzene rings is 1. The first kappa shape index (κ1) is 16.8. The minimum atomic E-state index is 0.303. The molecule has 0 unspecified atom stereocenters. The van der Waals surface area contributed by atoms with E-state index in [1.165, 1.54) is 24.9 Å². The second-order valence-electron chi connectivity index (χ2n) is 8.03. The maximum atomic E-state index is 12.5. The number of piperazine rings is 1. The van der Waals surface area contributed by atoms with Gasteiger partial charge in [-0.2, -0.15) is 0 Å². The number of hydrogen-bond donors (Lipinski definition) is 0. The Kier molecular flexibility index (Phi) is 4.34. The van der Waals surface area contributed by atoms with Gasteiger partial charge in [-0.1, -0.05) is 6.42 Å². The molecule has 1 aromatic carbocycles. The molecule has 0 bridgehead atoms. The number of hydrogen-bond acceptors (Lipinski definition) is 5. The van der Waals surface area contributed by atoms with E-state index < -0.39 is 0 Å². The summed E-state index contributed by atoms with van der Waals surface area (Å²) in [4.78, 5) is 28.4. The molecule has 1 amide bonds. The number of anilines is 2. The van der Waals surface area contributed by atoms with Gasteiger partial charge in [0.15, 0.2) is 0 Å². The van der Waals surface area contributed by atoms with Gasteiger partial charge in [0, 0.05) is 56.3 Å². The molecule has 27 heavy (non-hydrogen) atoms. The summed E-state index contributed by atoms with van der Waals surface area (Å²) in [5.74, 6) is 1.75. The number of amides is 1. The first-order valence-electron chi connectivity index (χ1n) is 10.3. The maximum absolute atomic E-state index is 12.5. The van der Waals surface area contributed by atoms with Crippen molar-refractivity contribution in [2.75, 3.05) is 49.1 Å².